The van der Waals surface area contributed by atoms with Crippen LogP contribution in [0.2, 0.25) is 5.15 Å². The molecule has 1 unspecified atom stereocenters. The zero-order chi connectivity index (χ0) is 15.6. The Morgan fingerprint density at radius 3 is 2.67 bits per heavy atom. The number of aryl methyl sites for hydroxylation is 3. The average Bonchev–Trinajstić information content (AvgIpc) is 2.68. The van der Waals surface area contributed by atoms with Crippen LogP contribution in [0.3, 0.4) is 0 Å². The summed E-state index contributed by atoms with van der Waals surface area (Å²) in [6, 6.07) is 6.57. The van der Waals surface area contributed by atoms with E-state index in [4.69, 9.17) is 11.6 Å². The van der Waals surface area contributed by atoms with Gasteiger partial charge in [0, 0.05) is 23.1 Å². The predicted molar refractivity (Wildman–Crippen MR) is 92.0 cm³/mol. The Bertz CT molecular complexity index is 637. The maximum atomic E-state index is 6.38. The Labute approximate surface area is 139 Å². The molecule has 1 aromatic heterocycles. The molecule has 2 aromatic rings. The van der Waals surface area contributed by atoms with Crippen molar-refractivity contribution >= 4 is 27.5 Å². The molecule has 0 amide bonds. The molecule has 2 rings (SSSR count). The molecule has 1 aromatic carbocycles. The van der Waals surface area contributed by atoms with E-state index in [1.165, 1.54) is 11.1 Å². The van der Waals surface area contributed by atoms with Gasteiger partial charge in [-0.15, -0.1) is 0 Å². The van der Waals surface area contributed by atoms with E-state index in [9.17, 15) is 0 Å². The van der Waals surface area contributed by atoms with Crippen LogP contribution in [0.15, 0.2) is 22.7 Å². The molecule has 3 nitrogen and oxygen atoms in total. The van der Waals surface area contributed by atoms with Crippen molar-refractivity contribution in [2.24, 2.45) is 7.05 Å². The lowest BCUT2D eigenvalue weighted by Gasteiger charge is -2.21. The second-order valence-electron chi connectivity index (χ2n) is 5.27. The largest absolute Gasteiger partial charge is 0.310 e. The van der Waals surface area contributed by atoms with Gasteiger partial charge in [0.15, 0.2) is 0 Å². The average molecular weight is 371 g/mol. The van der Waals surface area contributed by atoms with Gasteiger partial charge in [-0.2, -0.15) is 5.10 Å². The lowest BCUT2D eigenvalue weighted by Crippen LogP contribution is -2.23. The van der Waals surface area contributed by atoms with Crippen LogP contribution in [0.25, 0.3) is 0 Å². The Morgan fingerprint density at radius 1 is 1.38 bits per heavy atom. The number of benzene rings is 1. The van der Waals surface area contributed by atoms with E-state index < -0.39 is 0 Å². The van der Waals surface area contributed by atoms with Crippen molar-refractivity contribution in [3.63, 3.8) is 0 Å². The molecule has 0 saturated carbocycles. The van der Waals surface area contributed by atoms with Crippen LogP contribution in [-0.2, 0) is 13.5 Å². The van der Waals surface area contributed by atoms with E-state index >= 15 is 0 Å². The molecular weight excluding hydrogens is 350 g/mol. The molecule has 0 aliphatic heterocycles. The van der Waals surface area contributed by atoms with Crippen molar-refractivity contribution in [1.29, 1.82) is 0 Å². The van der Waals surface area contributed by atoms with Crippen LogP contribution in [-0.4, -0.2) is 16.3 Å². The first-order valence-corrected chi connectivity index (χ1v) is 8.29. The lowest BCUT2D eigenvalue weighted by atomic mass is 9.98. The maximum absolute atomic E-state index is 6.38. The summed E-state index contributed by atoms with van der Waals surface area (Å²) in [5.41, 5.74) is 4.60. The summed E-state index contributed by atoms with van der Waals surface area (Å²) in [5.74, 6) is 0. The molecule has 0 bridgehead atoms. The first-order valence-electron chi connectivity index (χ1n) is 7.12. The van der Waals surface area contributed by atoms with Crippen LogP contribution >= 0.6 is 27.5 Å². The first kappa shape index (κ1) is 16.5. The van der Waals surface area contributed by atoms with Gasteiger partial charge >= 0.3 is 0 Å². The molecule has 1 N–H and O–H groups in total. The summed E-state index contributed by atoms with van der Waals surface area (Å²) in [6.07, 6.45) is 0.828. The van der Waals surface area contributed by atoms with Gasteiger partial charge < -0.3 is 5.32 Å². The summed E-state index contributed by atoms with van der Waals surface area (Å²) >= 11 is 10.1. The van der Waals surface area contributed by atoms with Crippen molar-refractivity contribution in [3.05, 3.63) is 50.2 Å². The molecule has 5 heteroatoms. The van der Waals surface area contributed by atoms with Crippen molar-refractivity contribution in [2.75, 3.05) is 6.54 Å². The second-order valence-corrected chi connectivity index (χ2v) is 6.42. The van der Waals surface area contributed by atoms with Gasteiger partial charge in [-0.25, -0.2) is 0 Å². The zero-order valence-corrected chi connectivity index (χ0v) is 15.2. The Hall–Kier alpha value is -0.840. The molecule has 0 fully saturated rings. The normalized spacial score (nSPS) is 12.7. The Morgan fingerprint density at radius 2 is 2.10 bits per heavy atom. The maximum Gasteiger partial charge on any atom is 0.130 e. The highest BCUT2D eigenvalue weighted by molar-refractivity contribution is 9.10. The highest BCUT2D eigenvalue weighted by Gasteiger charge is 2.20. The third kappa shape index (κ3) is 3.50. The van der Waals surface area contributed by atoms with E-state index in [2.05, 4.69) is 58.4 Å². The van der Waals surface area contributed by atoms with E-state index in [0.717, 1.165) is 33.8 Å². The number of aromatic nitrogens is 2. The van der Waals surface area contributed by atoms with Gasteiger partial charge in [0.05, 0.1) is 5.69 Å². The molecule has 0 radical (unpaired) electrons. The van der Waals surface area contributed by atoms with E-state index in [1.807, 2.05) is 14.0 Å². The minimum Gasteiger partial charge on any atom is -0.310 e. The van der Waals surface area contributed by atoms with Gasteiger partial charge in [-0.1, -0.05) is 52.7 Å². The molecule has 114 valence electrons. The number of hydrogen-bond donors (Lipinski definition) is 1. The summed E-state index contributed by atoms with van der Waals surface area (Å²) in [7, 11) is 1.88. The van der Waals surface area contributed by atoms with Crippen molar-refractivity contribution in [1.82, 2.24) is 15.1 Å². The van der Waals surface area contributed by atoms with Crippen molar-refractivity contribution < 1.29 is 0 Å². The number of hydrogen-bond acceptors (Lipinski definition) is 2. The molecule has 0 spiro atoms. The monoisotopic (exact) mass is 369 g/mol. The minimum atomic E-state index is 0.213. The van der Waals surface area contributed by atoms with Gasteiger partial charge in [0.25, 0.3) is 0 Å². The standard InChI is InChI=1S/C16H21BrClN3/c1-5-19-14(12-8-6-7-10(2)15(12)17)9-13-11(3)20-21(4)16(13)18/h6-8,14,19H,5,9H2,1-4H3. The highest BCUT2D eigenvalue weighted by Crippen LogP contribution is 2.31. The summed E-state index contributed by atoms with van der Waals surface area (Å²) in [4.78, 5) is 0. The van der Waals surface area contributed by atoms with Crippen molar-refractivity contribution in [3.8, 4) is 0 Å². The van der Waals surface area contributed by atoms with E-state index in [1.54, 1.807) is 4.68 Å². The van der Waals surface area contributed by atoms with Crippen molar-refractivity contribution in [2.45, 2.75) is 33.2 Å². The Kier molecular flexibility index (Phi) is 5.47. The Balaban J connectivity index is 2.38. The minimum absolute atomic E-state index is 0.213. The summed E-state index contributed by atoms with van der Waals surface area (Å²) in [5, 5.41) is 8.68. The van der Waals surface area contributed by atoms with Crippen LogP contribution in [0.1, 0.15) is 35.3 Å². The number of likely N-dealkylation sites (N-methyl/N-ethyl adjacent to an activating group) is 1. The topological polar surface area (TPSA) is 29.9 Å². The van der Waals surface area contributed by atoms with Gasteiger partial charge in [-0.05, 0) is 37.9 Å². The zero-order valence-electron chi connectivity index (χ0n) is 12.9. The van der Waals surface area contributed by atoms with Gasteiger partial charge in [0.1, 0.15) is 5.15 Å². The number of nitrogens with one attached hydrogen (secondary N) is 1. The van der Waals surface area contributed by atoms with E-state index in [0.29, 0.717) is 0 Å². The third-order valence-corrected chi connectivity index (χ3v) is 5.28. The number of rotatable bonds is 5. The summed E-state index contributed by atoms with van der Waals surface area (Å²) < 4.78 is 2.90. The molecule has 0 aliphatic rings. The van der Waals surface area contributed by atoms with Crippen LogP contribution in [0.4, 0.5) is 0 Å². The first-order chi connectivity index (χ1) is 9.95. The molecular formula is C16H21BrClN3. The molecule has 21 heavy (non-hydrogen) atoms. The molecule has 1 heterocycles. The third-order valence-electron chi connectivity index (χ3n) is 3.73. The highest BCUT2D eigenvalue weighted by atomic mass is 79.9. The van der Waals surface area contributed by atoms with Gasteiger partial charge in [-0.3, -0.25) is 4.68 Å². The molecule has 0 saturated heterocycles. The number of halogens is 2. The van der Waals surface area contributed by atoms with Crippen LogP contribution in [0.5, 0.6) is 0 Å². The number of nitrogens with zero attached hydrogens (tertiary/aromatic N) is 2. The predicted octanol–water partition coefficient (Wildman–Crippen LogP) is 4.35. The van der Waals surface area contributed by atoms with Crippen LogP contribution in [0, 0.1) is 13.8 Å². The van der Waals surface area contributed by atoms with Crippen LogP contribution < -0.4 is 5.32 Å². The van der Waals surface area contributed by atoms with E-state index in [-0.39, 0.29) is 6.04 Å². The second kappa shape index (κ2) is 6.95. The lowest BCUT2D eigenvalue weighted by molar-refractivity contribution is 0.546. The fraction of sp³-hybridized carbons (Fsp3) is 0.438. The summed E-state index contributed by atoms with van der Waals surface area (Å²) in [6.45, 7) is 7.14. The molecule has 0 aliphatic carbocycles. The SMILES string of the molecule is CCNC(Cc1c(C)nn(C)c1Cl)c1cccc(C)c1Br. The molecule has 1 atom stereocenters. The van der Waals surface area contributed by atoms with Gasteiger partial charge in [0.2, 0.25) is 0 Å². The fourth-order valence-electron chi connectivity index (χ4n) is 2.59. The smallest absolute Gasteiger partial charge is 0.130 e. The quantitative estimate of drug-likeness (QED) is 0.848. The fourth-order valence-corrected chi connectivity index (χ4v) is 3.38.